The molecule has 3 heteroatoms. The van der Waals surface area contributed by atoms with Gasteiger partial charge in [0.1, 0.15) is 5.82 Å². The van der Waals surface area contributed by atoms with E-state index >= 15 is 0 Å². The highest BCUT2D eigenvalue weighted by Gasteiger charge is 1.94. The first-order valence-electron chi connectivity index (χ1n) is 4.17. The van der Waals surface area contributed by atoms with Gasteiger partial charge in [-0.15, -0.1) is 0 Å². The van der Waals surface area contributed by atoms with Crippen LogP contribution in [0.25, 0.3) is 5.69 Å². The summed E-state index contributed by atoms with van der Waals surface area (Å²) in [6, 6.07) is 7.96. The summed E-state index contributed by atoms with van der Waals surface area (Å²) in [4.78, 5) is 4.22. The number of hydrogen-bond donors (Lipinski definition) is 1. The van der Waals surface area contributed by atoms with Crippen molar-refractivity contribution in [2.75, 3.05) is 12.4 Å². The Hall–Kier alpha value is -1.77. The summed E-state index contributed by atoms with van der Waals surface area (Å²) in [6.45, 7) is 0. The van der Waals surface area contributed by atoms with Crippen molar-refractivity contribution in [2.24, 2.45) is 0 Å². The maximum Gasteiger partial charge on any atom is 0.125 e. The van der Waals surface area contributed by atoms with Gasteiger partial charge in [-0.3, -0.25) is 0 Å². The number of hydrogen-bond acceptors (Lipinski definition) is 2. The zero-order valence-corrected chi connectivity index (χ0v) is 7.44. The van der Waals surface area contributed by atoms with E-state index in [1.165, 1.54) is 0 Å². The Morgan fingerprint density at radius 3 is 2.54 bits per heavy atom. The SMILES string of the molecule is CNc1ccc(-n2cccc2)cn1. The number of rotatable bonds is 2. The van der Waals surface area contributed by atoms with E-state index in [1.807, 2.05) is 54.5 Å². The van der Waals surface area contributed by atoms with Crippen LogP contribution < -0.4 is 5.32 Å². The monoisotopic (exact) mass is 173 g/mol. The fourth-order valence-electron chi connectivity index (χ4n) is 1.19. The van der Waals surface area contributed by atoms with E-state index in [4.69, 9.17) is 0 Å². The minimum atomic E-state index is 0.885. The third kappa shape index (κ3) is 1.54. The molecule has 2 heterocycles. The summed E-state index contributed by atoms with van der Waals surface area (Å²) < 4.78 is 2.02. The van der Waals surface area contributed by atoms with Crippen LogP contribution in [0.5, 0.6) is 0 Å². The van der Waals surface area contributed by atoms with Crippen molar-refractivity contribution in [3.63, 3.8) is 0 Å². The van der Waals surface area contributed by atoms with E-state index in [1.54, 1.807) is 0 Å². The van der Waals surface area contributed by atoms with Crippen molar-refractivity contribution in [3.05, 3.63) is 42.9 Å². The molecule has 0 aliphatic rings. The molecule has 0 aliphatic carbocycles. The van der Waals surface area contributed by atoms with Gasteiger partial charge in [-0.2, -0.15) is 0 Å². The fourth-order valence-corrected chi connectivity index (χ4v) is 1.19. The molecular formula is C10H11N3. The lowest BCUT2D eigenvalue weighted by molar-refractivity contribution is 1.06. The van der Waals surface area contributed by atoms with Crippen LogP contribution in [0.1, 0.15) is 0 Å². The van der Waals surface area contributed by atoms with Gasteiger partial charge >= 0.3 is 0 Å². The van der Waals surface area contributed by atoms with Gasteiger partial charge in [0.25, 0.3) is 0 Å². The van der Waals surface area contributed by atoms with Gasteiger partial charge in [0.05, 0.1) is 11.9 Å². The van der Waals surface area contributed by atoms with Gasteiger partial charge in [0.2, 0.25) is 0 Å². The molecule has 3 nitrogen and oxygen atoms in total. The van der Waals surface area contributed by atoms with Crippen molar-refractivity contribution >= 4 is 5.82 Å². The predicted molar refractivity (Wildman–Crippen MR) is 53.1 cm³/mol. The summed E-state index contributed by atoms with van der Waals surface area (Å²) >= 11 is 0. The lowest BCUT2D eigenvalue weighted by atomic mass is 10.4. The average Bonchev–Trinajstić information content (AvgIpc) is 2.71. The van der Waals surface area contributed by atoms with Gasteiger partial charge in [0.15, 0.2) is 0 Å². The van der Waals surface area contributed by atoms with E-state index in [-0.39, 0.29) is 0 Å². The molecule has 0 aromatic carbocycles. The van der Waals surface area contributed by atoms with Gasteiger partial charge < -0.3 is 9.88 Å². The van der Waals surface area contributed by atoms with Crippen molar-refractivity contribution < 1.29 is 0 Å². The van der Waals surface area contributed by atoms with Crippen molar-refractivity contribution in [1.82, 2.24) is 9.55 Å². The summed E-state index contributed by atoms with van der Waals surface area (Å²) in [5, 5.41) is 2.98. The van der Waals surface area contributed by atoms with Gasteiger partial charge in [0, 0.05) is 19.4 Å². The molecular weight excluding hydrogens is 162 g/mol. The second-order valence-corrected chi connectivity index (χ2v) is 2.74. The van der Waals surface area contributed by atoms with Crippen LogP contribution in [0.3, 0.4) is 0 Å². The molecule has 0 atom stereocenters. The first-order valence-corrected chi connectivity index (χ1v) is 4.17. The zero-order chi connectivity index (χ0) is 9.10. The number of nitrogens with one attached hydrogen (secondary N) is 1. The van der Waals surface area contributed by atoms with E-state index < -0.39 is 0 Å². The molecule has 0 unspecified atom stereocenters. The van der Waals surface area contributed by atoms with Crippen molar-refractivity contribution in [1.29, 1.82) is 0 Å². The van der Waals surface area contributed by atoms with E-state index in [2.05, 4.69) is 10.3 Å². The molecule has 2 aromatic heterocycles. The average molecular weight is 173 g/mol. The maximum absolute atomic E-state index is 4.22. The second-order valence-electron chi connectivity index (χ2n) is 2.74. The van der Waals surface area contributed by atoms with Gasteiger partial charge in [-0.05, 0) is 24.3 Å². The molecule has 0 spiro atoms. The third-order valence-electron chi connectivity index (χ3n) is 1.91. The van der Waals surface area contributed by atoms with Crippen LogP contribution in [0.2, 0.25) is 0 Å². The Morgan fingerprint density at radius 1 is 1.23 bits per heavy atom. The smallest absolute Gasteiger partial charge is 0.125 e. The standard InChI is InChI=1S/C10H11N3/c1-11-10-5-4-9(8-12-10)13-6-2-3-7-13/h2-8H,1H3,(H,11,12). The Labute approximate surface area is 77.0 Å². The molecule has 2 rings (SSSR count). The molecule has 1 N–H and O–H groups in total. The number of nitrogens with zero attached hydrogens (tertiary/aromatic N) is 2. The molecule has 0 fully saturated rings. The summed E-state index contributed by atoms with van der Waals surface area (Å²) in [6.07, 6.45) is 5.83. The molecule has 0 radical (unpaired) electrons. The highest BCUT2D eigenvalue weighted by Crippen LogP contribution is 2.08. The third-order valence-corrected chi connectivity index (χ3v) is 1.91. The Bertz CT molecular complexity index is 362. The van der Waals surface area contributed by atoms with Crippen LogP contribution in [-0.4, -0.2) is 16.6 Å². The molecule has 0 saturated heterocycles. The normalized spacial score (nSPS) is 9.92. The lowest BCUT2D eigenvalue weighted by Gasteiger charge is -2.03. The van der Waals surface area contributed by atoms with Crippen LogP contribution in [0, 0.1) is 0 Å². The highest BCUT2D eigenvalue weighted by molar-refractivity contribution is 5.40. The lowest BCUT2D eigenvalue weighted by Crippen LogP contribution is -1.94. The summed E-state index contributed by atoms with van der Waals surface area (Å²) in [5.41, 5.74) is 1.07. The Morgan fingerprint density at radius 2 is 2.00 bits per heavy atom. The van der Waals surface area contributed by atoms with Crippen LogP contribution >= 0.6 is 0 Å². The summed E-state index contributed by atoms with van der Waals surface area (Å²) in [7, 11) is 1.86. The molecule has 0 amide bonds. The van der Waals surface area contributed by atoms with Gasteiger partial charge in [-0.1, -0.05) is 0 Å². The van der Waals surface area contributed by atoms with Crippen molar-refractivity contribution in [2.45, 2.75) is 0 Å². The van der Waals surface area contributed by atoms with Crippen LogP contribution in [-0.2, 0) is 0 Å². The van der Waals surface area contributed by atoms with E-state index in [9.17, 15) is 0 Å². The minimum absolute atomic E-state index is 0.885. The quantitative estimate of drug-likeness (QED) is 0.751. The molecule has 0 saturated carbocycles. The zero-order valence-electron chi connectivity index (χ0n) is 7.44. The van der Waals surface area contributed by atoms with Crippen LogP contribution in [0.4, 0.5) is 5.82 Å². The topological polar surface area (TPSA) is 29.9 Å². The van der Waals surface area contributed by atoms with E-state index in [0.717, 1.165) is 11.5 Å². The predicted octanol–water partition coefficient (Wildman–Crippen LogP) is 1.91. The number of anilines is 1. The largest absolute Gasteiger partial charge is 0.373 e. The highest BCUT2D eigenvalue weighted by atomic mass is 15.0. The second kappa shape index (κ2) is 3.31. The molecule has 66 valence electrons. The number of pyridine rings is 1. The fraction of sp³-hybridized carbons (Fsp3) is 0.100. The van der Waals surface area contributed by atoms with E-state index in [0.29, 0.717) is 0 Å². The summed E-state index contributed by atoms with van der Waals surface area (Å²) in [5.74, 6) is 0.885. The molecule has 0 bridgehead atoms. The molecule has 13 heavy (non-hydrogen) atoms. The minimum Gasteiger partial charge on any atom is -0.373 e. The Kier molecular flexibility index (Phi) is 2.00. The maximum atomic E-state index is 4.22. The van der Waals surface area contributed by atoms with Gasteiger partial charge in [-0.25, -0.2) is 4.98 Å². The molecule has 2 aromatic rings. The number of aromatic nitrogens is 2. The first-order chi connectivity index (χ1) is 6.40. The first kappa shape index (κ1) is 7.86. The Balaban J connectivity index is 2.33. The molecule has 0 aliphatic heterocycles. The van der Waals surface area contributed by atoms with Crippen molar-refractivity contribution in [3.8, 4) is 5.69 Å². The van der Waals surface area contributed by atoms with Crippen LogP contribution in [0.15, 0.2) is 42.9 Å².